The minimum atomic E-state index is -0.395. The highest BCUT2D eigenvalue weighted by molar-refractivity contribution is 9.09. The van der Waals surface area contributed by atoms with Gasteiger partial charge in [-0.1, -0.05) is 15.9 Å². The molecule has 0 spiro atoms. The van der Waals surface area contributed by atoms with Crippen LogP contribution in [0.5, 0.6) is 0 Å². The second kappa shape index (κ2) is 4.30. The fraction of sp³-hybridized carbons (Fsp3) is 0.750. The van der Waals surface area contributed by atoms with Gasteiger partial charge in [0.25, 0.3) is 0 Å². The molecule has 1 atom stereocenters. The second-order valence-electron chi connectivity index (χ2n) is 1.21. The van der Waals surface area contributed by atoms with Gasteiger partial charge in [-0.3, -0.25) is 4.79 Å². The lowest BCUT2D eigenvalue weighted by Crippen LogP contribution is -2.03. The van der Waals surface area contributed by atoms with Crippen LogP contribution in [0.3, 0.4) is 0 Å². The maximum Gasteiger partial charge on any atom is 0.225 e. The summed E-state index contributed by atoms with van der Waals surface area (Å²) < 4.78 is 4.67. The highest BCUT2D eigenvalue weighted by atomic mass is 79.9. The van der Waals surface area contributed by atoms with Gasteiger partial charge in [-0.05, 0) is 11.6 Å². The highest BCUT2D eigenvalue weighted by Crippen LogP contribution is 2.06. The average molecular weight is 201 g/mol. The van der Waals surface area contributed by atoms with Crippen LogP contribution < -0.4 is 0 Å². The van der Waals surface area contributed by atoms with Gasteiger partial charge in [-0.2, -0.15) is 0 Å². The van der Waals surface area contributed by atoms with E-state index < -0.39 is 5.24 Å². The maximum atomic E-state index is 10.1. The van der Waals surface area contributed by atoms with Crippen LogP contribution in [0, 0.1) is 0 Å². The lowest BCUT2D eigenvalue weighted by atomic mass is 10.5. The molecule has 0 aliphatic rings. The number of methoxy groups -OCH3 is 1. The Morgan fingerprint density at radius 3 is 2.62 bits per heavy atom. The summed E-state index contributed by atoms with van der Waals surface area (Å²) in [5.74, 6) is 0. The number of rotatable bonds is 3. The quantitative estimate of drug-likeness (QED) is 0.511. The van der Waals surface area contributed by atoms with E-state index in [4.69, 9.17) is 11.6 Å². The highest BCUT2D eigenvalue weighted by Gasteiger charge is 2.04. The third-order valence-corrected chi connectivity index (χ3v) is 1.43. The van der Waals surface area contributed by atoms with Gasteiger partial charge < -0.3 is 4.74 Å². The molecule has 0 aromatic carbocycles. The Bertz CT molecular complexity index is 86.1. The van der Waals surface area contributed by atoms with Crippen LogP contribution in [0.15, 0.2) is 0 Å². The zero-order valence-corrected chi connectivity index (χ0v) is 6.70. The van der Waals surface area contributed by atoms with Crippen LogP contribution in [0.2, 0.25) is 0 Å². The molecule has 0 fully saturated rings. The molecule has 8 heavy (non-hydrogen) atoms. The summed E-state index contributed by atoms with van der Waals surface area (Å²) in [6, 6.07) is 0. The van der Waals surface area contributed by atoms with Crippen molar-refractivity contribution in [3.63, 3.8) is 0 Å². The maximum absolute atomic E-state index is 10.1. The molecular formula is C4H6BrClO2. The van der Waals surface area contributed by atoms with Crippen molar-refractivity contribution in [1.29, 1.82) is 0 Å². The summed E-state index contributed by atoms with van der Waals surface area (Å²) in [5.41, 5.74) is 0. The molecule has 0 heterocycles. The van der Waals surface area contributed by atoms with Crippen LogP contribution >= 0.6 is 27.5 Å². The zero-order valence-electron chi connectivity index (χ0n) is 4.36. The Labute approximate surface area is 61.3 Å². The van der Waals surface area contributed by atoms with Crippen molar-refractivity contribution >= 4 is 32.8 Å². The number of halogens is 2. The van der Waals surface area contributed by atoms with Crippen LogP contribution in [0.1, 0.15) is 6.42 Å². The molecule has 0 saturated carbocycles. The summed E-state index contributed by atoms with van der Waals surface area (Å²) in [6.45, 7) is 0. The van der Waals surface area contributed by atoms with Crippen molar-refractivity contribution in [2.45, 2.75) is 11.4 Å². The molecule has 48 valence electrons. The normalized spacial score (nSPS) is 13.4. The van der Waals surface area contributed by atoms with E-state index >= 15 is 0 Å². The number of carbonyl (C=O) groups is 1. The summed E-state index contributed by atoms with van der Waals surface area (Å²) in [4.78, 5) is 10.1. The van der Waals surface area contributed by atoms with Crippen molar-refractivity contribution in [2.24, 2.45) is 0 Å². The largest absolute Gasteiger partial charge is 0.370 e. The number of hydrogen-bond acceptors (Lipinski definition) is 2. The SMILES string of the molecule is COC(Br)CC(=O)Cl. The Hall–Kier alpha value is 0.400. The molecule has 0 bridgehead atoms. The predicted octanol–water partition coefficient (Wildman–Crippen LogP) is 1.51. The van der Waals surface area contributed by atoms with E-state index in [1.165, 1.54) is 7.11 Å². The number of alkyl halides is 1. The second-order valence-corrected chi connectivity index (χ2v) is 2.65. The first-order chi connectivity index (χ1) is 3.66. The molecular weight excluding hydrogens is 195 g/mol. The molecule has 0 N–H and O–H groups in total. The summed E-state index contributed by atoms with van der Waals surface area (Å²) in [7, 11) is 1.50. The van der Waals surface area contributed by atoms with E-state index in [1.807, 2.05) is 0 Å². The van der Waals surface area contributed by atoms with Crippen molar-refractivity contribution in [2.75, 3.05) is 7.11 Å². The third-order valence-electron chi connectivity index (χ3n) is 0.577. The lowest BCUT2D eigenvalue weighted by molar-refractivity contribution is -0.112. The van der Waals surface area contributed by atoms with Gasteiger partial charge in [-0.25, -0.2) is 0 Å². The molecule has 0 amide bonds. The summed E-state index contributed by atoms with van der Waals surface area (Å²) in [6.07, 6.45) is 0.206. The lowest BCUT2D eigenvalue weighted by Gasteiger charge is -2.00. The molecule has 0 aliphatic heterocycles. The number of hydrogen-bond donors (Lipinski definition) is 0. The molecule has 0 radical (unpaired) electrons. The van der Waals surface area contributed by atoms with E-state index in [-0.39, 0.29) is 11.4 Å². The first kappa shape index (κ1) is 8.40. The van der Waals surface area contributed by atoms with Gasteiger partial charge >= 0.3 is 0 Å². The summed E-state index contributed by atoms with van der Waals surface area (Å²) in [5, 5.41) is -0.638. The molecule has 2 nitrogen and oxygen atoms in total. The fourth-order valence-corrected chi connectivity index (χ4v) is 0.830. The summed E-state index contributed by atoms with van der Waals surface area (Å²) >= 11 is 8.05. The predicted molar refractivity (Wildman–Crippen MR) is 35.2 cm³/mol. The molecule has 0 aliphatic carbocycles. The van der Waals surface area contributed by atoms with Crippen molar-refractivity contribution in [3.05, 3.63) is 0 Å². The zero-order chi connectivity index (χ0) is 6.57. The Balaban J connectivity index is 3.24. The third kappa shape index (κ3) is 4.56. The van der Waals surface area contributed by atoms with Crippen LogP contribution in [0.25, 0.3) is 0 Å². The molecule has 0 rings (SSSR count). The Morgan fingerprint density at radius 2 is 2.50 bits per heavy atom. The molecule has 1 unspecified atom stereocenters. The van der Waals surface area contributed by atoms with Crippen LogP contribution in [-0.2, 0) is 9.53 Å². The standard InChI is InChI=1S/C4H6BrClO2/c1-8-3(5)2-4(6)7/h3H,2H2,1H3. The fourth-order valence-electron chi connectivity index (χ4n) is 0.210. The smallest absolute Gasteiger partial charge is 0.225 e. The van der Waals surface area contributed by atoms with Gasteiger partial charge in [0.1, 0.15) is 5.01 Å². The first-order valence-corrected chi connectivity index (χ1v) is 3.31. The van der Waals surface area contributed by atoms with E-state index in [2.05, 4.69) is 20.7 Å². The van der Waals surface area contributed by atoms with Crippen molar-refractivity contribution in [3.8, 4) is 0 Å². The monoisotopic (exact) mass is 200 g/mol. The van der Waals surface area contributed by atoms with E-state index in [9.17, 15) is 4.79 Å². The average Bonchev–Trinajstić information content (AvgIpc) is 1.65. The van der Waals surface area contributed by atoms with Gasteiger partial charge in [0.15, 0.2) is 0 Å². The Morgan fingerprint density at radius 1 is 2.00 bits per heavy atom. The molecule has 0 aromatic rings. The number of ether oxygens (including phenoxy) is 1. The van der Waals surface area contributed by atoms with Crippen LogP contribution in [0.4, 0.5) is 0 Å². The first-order valence-electron chi connectivity index (χ1n) is 2.02. The molecule has 0 aromatic heterocycles. The van der Waals surface area contributed by atoms with Crippen molar-refractivity contribution in [1.82, 2.24) is 0 Å². The topological polar surface area (TPSA) is 26.3 Å². The number of carbonyl (C=O) groups excluding carboxylic acids is 1. The van der Waals surface area contributed by atoms with Crippen molar-refractivity contribution < 1.29 is 9.53 Å². The van der Waals surface area contributed by atoms with Crippen LogP contribution in [-0.4, -0.2) is 17.4 Å². The van der Waals surface area contributed by atoms with Gasteiger partial charge in [0.05, 0.1) is 6.42 Å². The van der Waals surface area contributed by atoms with Gasteiger partial charge in [-0.15, -0.1) is 0 Å². The Kier molecular flexibility index (Phi) is 4.51. The van der Waals surface area contributed by atoms with Gasteiger partial charge in [0, 0.05) is 7.11 Å². The minimum absolute atomic E-state index is 0.206. The van der Waals surface area contributed by atoms with E-state index in [1.54, 1.807) is 0 Å². The van der Waals surface area contributed by atoms with E-state index in [0.29, 0.717) is 0 Å². The molecule has 0 saturated heterocycles. The minimum Gasteiger partial charge on any atom is -0.370 e. The van der Waals surface area contributed by atoms with E-state index in [0.717, 1.165) is 0 Å². The van der Waals surface area contributed by atoms with Gasteiger partial charge in [0.2, 0.25) is 5.24 Å². The molecule has 4 heteroatoms.